The highest BCUT2D eigenvalue weighted by molar-refractivity contribution is 5.66. The van der Waals surface area contributed by atoms with Gasteiger partial charge >= 0.3 is 6.09 Å². The highest BCUT2D eigenvalue weighted by Crippen LogP contribution is 2.16. The summed E-state index contributed by atoms with van der Waals surface area (Å²) in [7, 11) is 1.59. The van der Waals surface area contributed by atoms with E-state index < -0.39 is 0 Å². The summed E-state index contributed by atoms with van der Waals surface area (Å²) in [5, 5.41) is 2.50. The Bertz CT molecular complexity index is 453. The second-order valence-electron chi connectivity index (χ2n) is 5.52. The van der Waals surface area contributed by atoms with Crippen molar-refractivity contribution in [2.24, 2.45) is 0 Å². The smallest absolute Gasteiger partial charge is 0.407 e. The molecule has 1 amide bonds. The molecule has 0 radical (unpaired) electrons. The fourth-order valence-electron chi connectivity index (χ4n) is 2.67. The van der Waals surface area contributed by atoms with Crippen molar-refractivity contribution in [3.63, 3.8) is 0 Å². The first kappa shape index (κ1) is 16.6. The van der Waals surface area contributed by atoms with Gasteiger partial charge in [0.05, 0.1) is 6.61 Å². The Balaban J connectivity index is 1.69. The van der Waals surface area contributed by atoms with E-state index in [0.717, 1.165) is 44.6 Å². The Hall–Kier alpha value is -1.75. The third-order valence-electron chi connectivity index (χ3n) is 3.96. The lowest BCUT2D eigenvalue weighted by Crippen LogP contribution is -2.39. The van der Waals surface area contributed by atoms with Gasteiger partial charge in [0.15, 0.2) is 0 Å². The van der Waals surface area contributed by atoms with Gasteiger partial charge < -0.3 is 19.7 Å². The van der Waals surface area contributed by atoms with Gasteiger partial charge in [0.25, 0.3) is 0 Å². The number of ether oxygens (including phenoxy) is 2. The number of hydrogen-bond donors (Lipinski definition) is 1. The maximum absolute atomic E-state index is 11.2. The number of likely N-dealkylation sites (tertiary alicyclic amines) is 1. The van der Waals surface area contributed by atoms with Gasteiger partial charge in [-0.25, -0.2) is 4.79 Å². The molecular formula is C17H26N2O3. The number of benzene rings is 1. The summed E-state index contributed by atoms with van der Waals surface area (Å²) in [6, 6.07) is 8.32. The third kappa shape index (κ3) is 5.22. The van der Waals surface area contributed by atoms with E-state index in [2.05, 4.69) is 22.3 Å². The molecule has 1 heterocycles. The van der Waals surface area contributed by atoms with Crippen molar-refractivity contribution in [2.75, 3.05) is 33.3 Å². The van der Waals surface area contributed by atoms with Gasteiger partial charge in [0, 0.05) is 26.7 Å². The van der Waals surface area contributed by atoms with Crippen molar-refractivity contribution in [2.45, 2.75) is 32.3 Å². The largest absolute Gasteiger partial charge is 0.494 e. The first-order valence-corrected chi connectivity index (χ1v) is 8.03. The molecular weight excluding hydrogens is 280 g/mol. The van der Waals surface area contributed by atoms with E-state index in [0.29, 0.717) is 6.61 Å². The van der Waals surface area contributed by atoms with Crippen LogP contribution >= 0.6 is 0 Å². The Morgan fingerprint density at radius 3 is 2.55 bits per heavy atom. The zero-order valence-electron chi connectivity index (χ0n) is 13.5. The summed E-state index contributed by atoms with van der Waals surface area (Å²) in [6.45, 7) is 5.70. The Labute approximate surface area is 132 Å². The molecule has 1 fully saturated rings. The van der Waals surface area contributed by atoms with Crippen LogP contribution in [-0.2, 0) is 11.2 Å². The van der Waals surface area contributed by atoms with E-state index in [1.165, 1.54) is 5.56 Å². The molecule has 5 nitrogen and oxygen atoms in total. The van der Waals surface area contributed by atoms with Gasteiger partial charge in [-0.3, -0.25) is 0 Å². The molecule has 1 aromatic rings. The zero-order valence-corrected chi connectivity index (χ0v) is 13.5. The highest BCUT2D eigenvalue weighted by atomic mass is 16.6. The Kier molecular flexibility index (Phi) is 6.52. The molecule has 0 aromatic heterocycles. The van der Waals surface area contributed by atoms with Gasteiger partial charge in [-0.1, -0.05) is 12.1 Å². The van der Waals surface area contributed by atoms with Crippen LogP contribution in [0.1, 0.15) is 25.3 Å². The summed E-state index contributed by atoms with van der Waals surface area (Å²) in [6.07, 6.45) is 2.59. The first-order valence-electron chi connectivity index (χ1n) is 8.03. The van der Waals surface area contributed by atoms with E-state index in [9.17, 15) is 4.79 Å². The minimum Gasteiger partial charge on any atom is -0.494 e. The van der Waals surface area contributed by atoms with Crippen LogP contribution in [0.4, 0.5) is 4.79 Å². The average molecular weight is 306 g/mol. The number of carbonyl (C=O) groups excluding carboxylic acids is 1. The van der Waals surface area contributed by atoms with Gasteiger partial charge in [-0.15, -0.1) is 0 Å². The summed E-state index contributed by atoms with van der Waals surface area (Å²) in [4.78, 5) is 13.6. The van der Waals surface area contributed by atoms with Crippen molar-refractivity contribution >= 4 is 6.09 Å². The molecule has 0 saturated carbocycles. The van der Waals surface area contributed by atoms with Crippen LogP contribution in [0, 0.1) is 0 Å². The van der Waals surface area contributed by atoms with Gasteiger partial charge in [-0.05, 0) is 43.9 Å². The quantitative estimate of drug-likeness (QED) is 0.877. The summed E-state index contributed by atoms with van der Waals surface area (Å²) < 4.78 is 10.7. The van der Waals surface area contributed by atoms with E-state index in [-0.39, 0.29) is 12.2 Å². The molecule has 1 N–H and O–H groups in total. The van der Waals surface area contributed by atoms with Crippen LogP contribution in [0.25, 0.3) is 0 Å². The molecule has 0 unspecified atom stereocenters. The van der Waals surface area contributed by atoms with Crippen molar-refractivity contribution in [3.05, 3.63) is 29.8 Å². The van der Waals surface area contributed by atoms with Gasteiger partial charge in [0.1, 0.15) is 11.9 Å². The van der Waals surface area contributed by atoms with E-state index in [4.69, 9.17) is 9.47 Å². The maximum atomic E-state index is 11.2. The van der Waals surface area contributed by atoms with Crippen LogP contribution in [0.5, 0.6) is 5.75 Å². The fraction of sp³-hybridized carbons (Fsp3) is 0.588. The summed E-state index contributed by atoms with van der Waals surface area (Å²) >= 11 is 0. The van der Waals surface area contributed by atoms with Crippen molar-refractivity contribution in [3.8, 4) is 5.75 Å². The number of piperidine rings is 1. The molecule has 0 spiro atoms. The number of rotatable bonds is 6. The van der Waals surface area contributed by atoms with E-state index >= 15 is 0 Å². The summed E-state index contributed by atoms with van der Waals surface area (Å²) in [5.41, 5.74) is 1.33. The van der Waals surface area contributed by atoms with Gasteiger partial charge in [-0.2, -0.15) is 0 Å². The van der Waals surface area contributed by atoms with Crippen molar-refractivity contribution < 1.29 is 14.3 Å². The number of hydrogen-bond acceptors (Lipinski definition) is 4. The standard InChI is InChI=1S/C17H26N2O3/c1-3-21-15-6-4-14(5-7-15)8-11-19-12-9-16(10-13-19)22-17(20)18-2/h4-7,16H,3,8-13H2,1-2H3,(H,18,20). The molecule has 1 aliphatic rings. The maximum Gasteiger partial charge on any atom is 0.407 e. The number of amides is 1. The predicted molar refractivity (Wildman–Crippen MR) is 86.3 cm³/mol. The minimum atomic E-state index is -0.326. The molecule has 0 atom stereocenters. The molecule has 0 bridgehead atoms. The van der Waals surface area contributed by atoms with Crippen LogP contribution in [0.3, 0.4) is 0 Å². The first-order chi connectivity index (χ1) is 10.7. The lowest BCUT2D eigenvalue weighted by Gasteiger charge is -2.31. The molecule has 5 heteroatoms. The van der Waals surface area contributed by atoms with Gasteiger partial charge in [0.2, 0.25) is 0 Å². The van der Waals surface area contributed by atoms with Crippen LogP contribution in [-0.4, -0.2) is 50.4 Å². The second-order valence-corrected chi connectivity index (χ2v) is 5.52. The Morgan fingerprint density at radius 1 is 1.27 bits per heavy atom. The van der Waals surface area contributed by atoms with E-state index in [1.54, 1.807) is 7.05 Å². The SMILES string of the molecule is CCOc1ccc(CCN2CCC(OC(=O)NC)CC2)cc1. The van der Waals surface area contributed by atoms with Crippen molar-refractivity contribution in [1.82, 2.24) is 10.2 Å². The molecule has 2 rings (SSSR count). The average Bonchev–Trinajstić information content (AvgIpc) is 2.56. The molecule has 122 valence electrons. The predicted octanol–water partition coefficient (Wildman–Crippen LogP) is 2.45. The van der Waals surface area contributed by atoms with Crippen LogP contribution in [0.2, 0.25) is 0 Å². The Morgan fingerprint density at radius 2 is 1.95 bits per heavy atom. The number of nitrogens with one attached hydrogen (secondary N) is 1. The molecule has 1 aliphatic heterocycles. The minimum absolute atomic E-state index is 0.0571. The number of nitrogens with zero attached hydrogens (tertiary/aromatic N) is 1. The normalized spacial score (nSPS) is 16.3. The van der Waals surface area contributed by atoms with Crippen LogP contribution < -0.4 is 10.1 Å². The number of alkyl carbamates (subject to hydrolysis) is 1. The number of carbonyl (C=O) groups is 1. The van der Waals surface area contributed by atoms with E-state index in [1.807, 2.05) is 19.1 Å². The van der Waals surface area contributed by atoms with Crippen molar-refractivity contribution in [1.29, 1.82) is 0 Å². The fourth-order valence-corrected chi connectivity index (χ4v) is 2.67. The topological polar surface area (TPSA) is 50.8 Å². The lowest BCUT2D eigenvalue weighted by molar-refractivity contribution is 0.0522. The molecule has 1 aromatic carbocycles. The monoisotopic (exact) mass is 306 g/mol. The molecule has 22 heavy (non-hydrogen) atoms. The summed E-state index contributed by atoms with van der Waals surface area (Å²) in [5.74, 6) is 0.929. The second kappa shape index (κ2) is 8.63. The molecule has 1 saturated heterocycles. The van der Waals surface area contributed by atoms with Crippen LogP contribution in [0.15, 0.2) is 24.3 Å². The highest BCUT2D eigenvalue weighted by Gasteiger charge is 2.21. The third-order valence-corrected chi connectivity index (χ3v) is 3.96. The zero-order chi connectivity index (χ0) is 15.8. The molecule has 0 aliphatic carbocycles. The lowest BCUT2D eigenvalue weighted by atomic mass is 10.1.